The van der Waals surface area contributed by atoms with E-state index in [1.54, 1.807) is 24.3 Å². The lowest BCUT2D eigenvalue weighted by atomic mass is 10.2. The minimum absolute atomic E-state index is 0.0520. The minimum atomic E-state index is -0.658. The summed E-state index contributed by atoms with van der Waals surface area (Å²) in [5.74, 6) is 1.86. The molecule has 5 heteroatoms. The van der Waals surface area contributed by atoms with Crippen molar-refractivity contribution in [3.8, 4) is 18.0 Å². The second-order valence-electron chi connectivity index (χ2n) is 3.44. The number of amides is 1. The summed E-state index contributed by atoms with van der Waals surface area (Å²) in [5, 5.41) is 4.00. The highest BCUT2D eigenvalue weighted by atomic mass is 16.1. The number of aromatic nitrogens is 2. The number of hydrogen-bond donors (Lipinski definition) is 2. The molecule has 0 atom stereocenters. The van der Waals surface area contributed by atoms with Crippen molar-refractivity contribution >= 4 is 11.6 Å². The molecule has 0 unspecified atom stereocenters. The van der Waals surface area contributed by atoms with Gasteiger partial charge in [-0.3, -0.25) is 4.79 Å². The molecule has 17 heavy (non-hydrogen) atoms. The topological polar surface area (TPSA) is 86.9 Å². The van der Waals surface area contributed by atoms with Gasteiger partial charge in [-0.15, -0.1) is 6.42 Å². The molecule has 84 valence electrons. The average molecular weight is 226 g/mol. The summed E-state index contributed by atoms with van der Waals surface area (Å²) in [4.78, 5) is 11.0. The lowest BCUT2D eigenvalue weighted by Crippen LogP contribution is -2.14. The molecule has 2 aromatic rings. The van der Waals surface area contributed by atoms with Crippen molar-refractivity contribution in [3.63, 3.8) is 0 Å². The van der Waals surface area contributed by atoms with Crippen molar-refractivity contribution in [2.24, 2.45) is 5.73 Å². The Morgan fingerprint density at radius 1 is 1.47 bits per heavy atom. The third-order valence-electron chi connectivity index (χ3n) is 2.25. The SMILES string of the molecule is C#Cc1cccc(-n2cc(N)c(C(N)=O)n2)c1. The molecule has 0 bridgehead atoms. The highest BCUT2D eigenvalue weighted by Crippen LogP contribution is 2.14. The van der Waals surface area contributed by atoms with E-state index in [2.05, 4.69) is 11.0 Å². The summed E-state index contributed by atoms with van der Waals surface area (Å²) >= 11 is 0. The Hall–Kier alpha value is -2.74. The second kappa shape index (κ2) is 4.02. The molecule has 0 spiro atoms. The van der Waals surface area contributed by atoms with Crippen LogP contribution in [-0.4, -0.2) is 15.7 Å². The van der Waals surface area contributed by atoms with Gasteiger partial charge < -0.3 is 11.5 Å². The van der Waals surface area contributed by atoms with Gasteiger partial charge in [0.2, 0.25) is 0 Å². The maximum atomic E-state index is 11.0. The summed E-state index contributed by atoms with van der Waals surface area (Å²) in [6.07, 6.45) is 6.83. The van der Waals surface area contributed by atoms with Gasteiger partial charge >= 0.3 is 0 Å². The van der Waals surface area contributed by atoms with Crippen LogP contribution in [0.25, 0.3) is 5.69 Å². The van der Waals surface area contributed by atoms with Crippen LogP contribution in [0.3, 0.4) is 0 Å². The first-order chi connectivity index (χ1) is 8.11. The number of anilines is 1. The first kappa shape index (κ1) is 10.8. The maximum Gasteiger partial charge on any atom is 0.271 e. The van der Waals surface area contributed by atoms with Crippen LogP contribution < -0.4 is 11.5 Å². The number of benzene rings is 1. The molecule has 0 radical (unpaired) electrons. The van der Waals surface area contributed by atoms with Gasteiger partial charge in [-0.1, -0.05) is 12.0 Å². The zero-order valence-electron chi connectivity index (χ0n) is 8.92. The van der Waals surface area contributed by atoms with E-state index in [0.29, 0.717) is 0 Å². The highest BCUT2D eigenvalue weighted by molar-refractivity contribution is 5.95. The smallest absolute Gasteiger partial charge is 0.271 e. The van der Waals surface area contributed by atoms with E-state index in [1.165, 1.54) is 10.9 Å². The summed E-state index contributed by atoms with van der Waals surface area (Å²) in [5.41, 5.74) is 12.5. The third-order valence-corrected chi connectivity index (χ3v) is 2.25. The molecule has 1 amide bonds. The number of nitrogen functional groups attached to an aromatic ring is 1. The van der Waals surface area contributed by atoms with E-state index < -0.39 is 5.91 Å². The van der Waals surface area contributed by atoms with Crippen LogP contribution in [0.2, 0.25) is 0 Å². The lowest BCUT2D eigenvalue weighted by Gasteiger charge is -2.00. The fourth-order valence-electron chi connectivity index (χ4n) is 1.45. The van der Waals surface area contributed by atoms with Crippen LogP contribution in [0.15, 0.2) is 30.5 Å². The normalized spacial score (nSPS) is 9.82. The van der Waals surface area contributed by atoms with Gasteiger partial charge in [0.05, 0.1) is 17.6 Å². The molecule has 4 N–H and O–H groups in total. The fraction of sp³-hybridized carbons (Fsp3) is 0. The van der Waals surface area contributed by atoms with Gasteiger partial charge in [-0.25, -0.2) is 4.68 Å². The molecule has 1 heterocycles. The summed E-state index contributed by atoms with van der Waals surface area (Å²) < 4.78 is 1.47. The third kappa shape index (κ3) is 1.96. The van der Waals surface area contributed by atoms with Crippen LogP contribution in [0.1, 0.15) is 16.1 Å². The molecule has 0 fully saturated rings. The Morgan fingerprint density at radius 3 is 2.82 bits per heavy atom. The Morgan fingerprint density at radius 2 is 2.24 bits per heavy atom. The monoisotopic (exact) mass is 226 g/mol. The number of carbonyl (C=O) groups excluding carboxylic acids is 1. The maximum absolute atomic E-state index is 11.0. The van der Waals surface area contributed by atoms with Crippen molar-refractivity contribution in [2.45, 2.75) is 0 Å². The quantitative estimate of drug-likeness (QED) is 0.732. The average Bonchev–Trinajstić information content (AvgIpc) is 2.71. The van der Waals surface area contributed by atoms with Crippen LogP contribution >= 0.6 is 0 Å². The Labute approximate surface area is 98.0 Å². The predicted molar refractivity (Wildman–Crippen MR) is 64.4 cm³/mol. The molecule has 0 aliphatic heterocycles. The number of primary amides is 1. The van der Waals surface area contributed by atoms with Gasteiger partial charge in [-0.05, 0) is 18.2 Å². The van der Waals surface area contributed by atoms with Crippen molar-refractivity contribution < 1.29 is 4.79 Å². The molecule has 2 rings (SSSR count). The Balaban J connectivity index is 2.50. The first-order valence-electron chi connectivity index (χ1n) is 4.84. The standard InChI is InChI=1S/C12H10N4O/c1-2-8-4-3-5-9(6-8)16-7-10(13)11(15-16)12(14)17/h1,3-7H,13H2,(H2,14,17). The summed E-state index contributed by atoms with van der Waals surface area (Å²) in [7, 11) is 0. The van der Waals surface area contributed by atoms with E-state index in [1.807, 2.05) is 0 Å². The minimum Gasteiger partial charge on any atom is -0.396 e. The number of carbonyl (C=O) groups is 1. The Kier molecular flexibility index (Phi) is 2.55. The van der Waals surface area contributed by atoms with E-state index in [9.17, 15) is 4.79 Å². The molecule has 5 nitrogen and oxygen atoms in total. The summed E-state index contributed by atoms with van der Waals surface area (Å²) in [6, 6.07) is 7.16. The molecule has 1 aromatic heterocycles. The molecule has 1 aromatic carbocycles. The molecular weight excluding hydrogens is 216 g/mol. The number of nitrogens with two attached hydrogens (primary N) is 2. The van der Waals surface area contributed by atoms with Crippen molar-refractivity contribution in [1.29, 1.82) is 0 Å². The second-order valence-corrected chi connectivity index (χ2v) is 3.44. The van der Waals surface area contributed by atoms with Crippen molar-refractivity contribution in [1.82, 2.24) is 9.78 Å². The van der Waals surface area contributed by atoms with Crippen molar-refractivity contribution in [2.75, 3.05) is 5.73 Å². The van der Waals surface area contributed by atoms with Crippen molar-refractivity contribution in [3.05, 3.63) is 41.7 Å². The van der Waals surface area contributed by atoms with Gasteiger partial charge in [0.15, 0.2) is 5.69 Å². The molecule has 0 saturated carbocycles. The van der Waals surface area contributed by atoms with E-state index in [0.717, 1.165) is 11.3 Å². The zero-order valence-corrected chi connectivity index (χ0v) is 8.92. The first-order valence-corrected chi connectivity index (χ1v) is 4.84. The number of terminal acetylenes is 1. The highest BCUT2D eigenvalue weighted by Gasteiger charge is 2.12. The van der Waals surface area contributed by atoms with Gasteiger partial charge in [-0.2, -0.15) is 5.10 Å². The number of rotatable bonds is 2. The van der Waals surface area contributed by atoms with Gasteiger partial charge in [0.1, 0.15) is 0 Å². The van der Waals surface area contributed by atoms with Gasteiger partial charge in [0, 0.05) is 5.56 Å². The van der Waals surface area contributed by atoms with E-state index in [4.69, 9.17) is 17.9 Å². The van der Waals surface area contributed by atoms with Crippen LogP contribution in [0.4, 0.5) is 5.69 Å². The predicted octanol–water partition coefficient (Wildman–Crippen LogP) is 0.535. The van der Waals surface area contributed by atoms with Crippen LogP contribution in [0, 0.1) is 12.3 Å². The van der Waals surface area contributed by atoms with E-state index in [-0.39, 0.29) is 11.4 Å². The molecular formula is C12H10N4O. The molecule has 0 aliphatic rings. The molecule has 0 saturated heterocycles. The lowest BCUT2D eigenvalue weighted by molar-refractivity contribution is 0.0996. The summed E-state index contributed by atoms with van der Waals surface area (Å²) in [6.45, 7) is 0. The van der Waals surface area contributed by atoms with E-state index >= 15 is 0 Å². The van der Waals surface area contributed by atoms with Gasteiger partial charge in [0.25, 0.3) is 5.91 Å². The number of nitrogens with zero attached hydrogens (tertiary/aromatic N) is 2. The zero-order chi connectivity index (χ0) is 12.4. The van der Waals surface area contributed by atoms with Crippen LogP contribution in [-0.2, 0) is 0 Å². The number of hydrogen-bond acceptors (Lipinski definition) is 3. The molecule has 0 aliphatic carbocycles. The largest absolute Gasteiger partial charge is 0.396 e. The van der Waals surface area contributed by atoms with Crippen LogP contribution in [0.5, 0.6) is 0 Å². The fourth-order valence-corrected chi connectivity index (χ4v) is 1.45. The Bertz CT molecular complexity index is 622.